The number of carbonyl (C=O) groups is 1. The van der Waals surface area contributed by atoms with Crippen LogP contribution in [0.4, 0.5) is 18.9 Å². The maximum absolute atomic E-state index is 13.3. The number of fused-ring (bicyclic) bond motifs is 1. The summed E-state index contributed by atoms with van der Waals surface area (Å²) in [5.74, 6) is -1.31. The molecule has 2 aromatic carbocycles. The molecule has 3 aromatic rings. The van der Waals surface area contributed by atoms with E-state index in [0.717, 1.165) is 37.1 Å². The van der Waals surface area contributed by atoms with Gasteiger partial charge in [-0.3, -0.25) is 19.4 Å². The van der Waals surface area contributed by atoms with Crippen molar-refractivity contribution in [2.75, 3.05) is 37.4 Å². The summed E-state index contributed by atoms with van der Waals surface area (Å²) in [5, 5.41) is 0.541. The molecule has 1 saturated heterocycles. The molecule has 1 aromatic heterocycles. The van der Waals surface area contributed by atoms with Gasteiger partial charge in [-0.1, -0.05) is 49.6 Å². The van der Waals surface area contributed by atoms with Crippen molar-refractivity contribution in [3.8, 4) is 5.75 Å². The fourth-order valence-corrected chi connectivity index (χ4v) is 5.96. The monoisotopic (exact) mass is 600 g/mol. The van der Waals surface area contributed by atoms with Gasteiger partial charge in [-0.25, -0.2) is 8.42 Å². The largest absolute Gasteiger partial charge is 0.573 e. The number of benzene rings is 2. The van der Waals surface area contributed by atoms with Crippen LogP contribution in [0.25, 0.3) is 10.9 Å². The number of nitrogens with one attached hydrogen (secondary N) is 1. The SMILES string of the molecule is C=C/C=C(\C=C)CCCN1CCN(C(=O)c2ccc(NS(=O)(=O)c3cccc4cccnc34)c(OC(F)(F)F)c2)CC1. The summed E-state index contributed by atoms with van der Waals surface area (Å²) in [7, 11) is -4.37. The summed E-state index contributed by atoms with van der Waals surface area (Å²) in [6.07, 6.45) is 3.48. The molecule has 1 fully saturated rings. The van der Waals surface area contributed by atoms with Crippen LogP contribution in [0.1, 0.15) is 23.2 Å². The van der Waals surface area contributed by atoms with Gasteiger partial charge >= 0.3 is 6.36 Å². The molecule has 0 unspecified atom stereocenters. The highest BCUT2D eigenvalue weighted by Crippen LogP contribution is 2.34. The second-order valence-corrected chi connectivity index (χ2v) is 11.3. The lowest BCUT2D eigenvalue weighted by Gasteiger charge is -2.35. The molecule has 1 aliphatic rings. The van der Waals surface area contributed by atoms with E-state index in [1.54, 1.807) is 35.3 Å². The van der Waals surface area contributed by atoms with Crippen LogP contribution in [0.15, 0.2) is 96.6 Å². The van der Waals surface area contributed by atoms with Crippen molar-refractivity contribution in [3.05, 3.63) is 97.3 Å². The van der Waals surface area contributed by atoms with E-state index in [4.69, 9.17) is 0 Å². The summed E-state index contributed by atoms with van der Waals surface area (Å²) >= 11 is 0. The number of sulfonamides is 1. The predicted molar refractivity (Wildman–Crippen MR) is 156 cm³/mol. The zero-order valence-corrected chi connectivity index (χ0v) is 23.6. The average molecular weight is 601 g/mol. The Bertz CT molecular complexity index is 1590. The number of carbonyl (C=O) groups excluding carboxylic acids is 1. The Hall–Kier alpha value is -4.16. The van der Waals surface area contributed by atoms with Crippen LogP contribution in [0.5, 0.6) is 5.75 Å². The fraction of sp³-hybridized carbons (Fsp3) is 0.267. The lowest BCUT2D eigenvalue weighted by molar-refractivity contribution is -0.274. The Morgan fingerprint density at radius 3 is 2.50 bits per heavy atom. The number of halogens is 3. The van der Waals surface area contributed by atoms with Gasteiger partial charge in [0.05, 0.1) is 11.2 Å². The number of hydrogen-bond acceptors (Lipinski definition) is 6. The lowest BCUT2D eigenvalue weighted by atomic mass is 10.1. The highest BCUT2D eigenvalue weighted by Gasteiger charge is 2.34. The normalized spacial score (nSPS) is 14.9. The minimum atomic E-state index is -5.12. The zero-order valence-electron chi connectivity index (χ0n) is 22.8. The molecule has 222 valence electrons. The van der Waals surface area contributed by atoms with Gasteiger partial charge < -0.3 is 9.64 Å². The van der Waals surface area contributed by atoms with Gasteiger partial charge in [-0.05, 0) is 55.3 Å². The van der Waals surface area contributed by atoms with Gasteiger partial charge in [-0.2, -0.15) is 0 Å². The number of alkyl halides is 3. The molecular formula is C30H31F3N4O4S. The van der Waals surface area contributed by atoms with Crippen LogP contribution in [-0.4, -0.2) is 68.2 Å². The Labute approximate surface area is 242 Å². The van der Waals surface area contributed by atoms with Gasteiger partial charge in [0.15, 0.2) is 5.75 Å². The van der Waals surface area contributed by atoms with Crippen LogP contribution >= 0.6 is 0 Å². The van der Waals surface area contributed by atoms with Crippen LogP contribution in [0.2, 0.25) is 0 Å². The second-order valence-electron chi connectivity index (χ2n) is 9.61. The number of rotatable bonds is 11. The van der Waals surface area contributed by atoms with Crippen LogP contribution in [0, 0.1) is 0 Å². The smallest absolute Gasteiger partial charge is 0.404 e. The second kappa shape index (κ2) is 13.2. The van der Waals surface area contributed by atoms with Crippen molar-refractivity contribution in [2.24, 2.45) is 0 Å². The lowest BCUT2D eigenvalue weighted by Crippen LogP contribution is -2.48. The standard InChI is InChI=1S/C30H31F3N4O4S/c1-3-8-22(4-2)9-7-16-36-17-19-37(20-18-36)29(38)24-13-14-25(26(21-24)41-30(31,32)33)35-42(39,40)27-12-5-10-23-11-6-15-34-28(23)27/h3-6,8,10-15,21,35H,1-2,7,9,16-20H2/b22-8+. The number of nitrogens with zero attached hydrogens (tertiary/aromatic N) is 3. The number of ether oxygens (including phenoxy) is 1. The van der Waals surface area contributed by atoms with Crippen LogP contribution < -0.4 is 9.46 Å². The molecule has 1 amide bonds. The molecule has 4 rings (SSSR count). The van der Waals surface area contributed by atoms with Crippen LogP contribution in [-0.2, 0) is 10.0 Å². The van der Waals surface area contributed by atoms with Gasteiger partial charge in [-0.15, -0.1) is 13.2 Å². The molecule has 1 aliphatic heterocycles. The number of para-hydroxylation sites is 1. The third-order valence-corrected chi connectivity index (χ3v) is 8.17. The summed E-state index contributed by atoms with van der Waals surface area (Å²) in [6.45, 7) is 10.3. The highest BCUT2D eigenvalue weighted by atomic mass is 32.2. The number of amides is 1. The molecule has 1 N–H and O–H groups in total. The third kappa shape index (κ3) is 7.77. The number of pyridine rings is 1. The molecule has 0 saturated carbocycles. The summed E-state index contributed by atoms with van der Waals surface area (Å²) in [5.41, 5.74) is 0.731. The first-order valence-corrected chi connectivity index (χ1v) is 14.7. The molecule has 2 heterocycles. The average Bonchev–Trinajstić information content (AvgIpc) is 2.96. The van der Waals surface area contributed by atoms with Crippen molar-refractivity contribution in [2.45, 2.75) is 24.1 Å². The van der Waals surface area contributed by atoms with E-state index in [0.29, 0.717) is 31.6 Å². The zero-order chi connectivity index (χ0) is 30.3. The molecule has 8 nitrogen and oxygen atoms in total. The summed E-state index contributed by atoms with van der Waals surface area (Å²) in [6, 6.07) is 11.1. The quantitative estimate of drug-likeness (QED) is 0.281. The van der Waals surface area contributed by atoms with Crippen molar-refractivity contribution >= 4 is 32.5 Å². The predicted octanol–water partition coefficient (Wildman–Crippen LogP) is 5.77. The molecule has 0 bridgehead atoms. The van der Waals surface area contributed by atoms with E-state index in [1.165, 1.54) is 24.4 Å². The summed E-state index contributed by atoms with van der Waals surface area (Å²) < 4.78 is 72.7. The molecule has 42 heavy (non-hydrogen) atoms. The van der Waals surface area contributed by atoms with E-state index in [9.17, 15) is 26.4 Å². The molecular weight excluding hydrogens is 569 g/mol. The maximum Gasteiger partial charge on any atom is 0.573 e. The number of hydrogen-bond donors (Lipinski definition) is 1. The number of piperazine rings is 1. The Balaban J connectivity index is 1.48. The minimum absolute atomic E-state index is 0.0531. The molecule has 0 atom stereocenters. The molecule has 0 spiro atoms. The third-order valence-electron chi connectivity index (χ3n) is 6.78. The van der Waals surface area contributed by atoms with E-state index in [2.05, 4.69) is 32.5 Å². The first-order chi connectivity index (χ1) is 20.0. The topological polar surface area (TPSA) is 91.8 Å². The van der Waals surface area contributed by atoms with Crippen molar-refractivity contribution in [1.82, 2.24) is 14.8 Å². The van der Waals surface area contributed by atoms with E-state index in [-0.39, 0.29) is 16.0 Å². The van der Waals surface area contributed by atoms with E-state index >= 15 is 0 Å². The van der Waals surface area contributed by atoms with E-state index < -0.39 is 33.7 Å². The number of aromatic nitrogens is 1. The van der Waals surface area contributed by atoms with Crippen LogP contribution in [0.3, 0.4) is 0 Å². The minimum Gasteiger partial charge on any atom is -0.404 e. The first-order valence-electron chi connectivity index (χ1n) is 13.2. The Morgan fingerprint density at radius 2 is 1.81 bits per heavy atom. The molecule has 0 radical (unpaired) electrons. The number of allylic oxidation sites excluding steroid dienone is 4. The Kier molecular flexibility index (Phi) is 9.69. The maximum atomic E-state index is 13.3. The van der Waals surface area contributed by atoms with Gasteiger partial charge in [0, 0.05) is 43.3 Å². The molecule has 0 aliphatic carbocycles. The number of anilines is 1. The van der Waals surface area contributed by atoms with Gasteiger partial charge in [0.25, 0.3) is 15.9 Å². The van der Waals surface area contributed by atoms with Crippen molar-refractivity contribution < 1.29 is 31.1 Å². The fourth-order valence-electron chi connectivity index (χ4n) is 4.71. The molecule has 12 heteroatoms. The highest BCUT2D eigenvalue weighted by molar-refractivity contribution is 7.93. The van der Waals surface area contributed by atoms with Gasteiger partial charge in [0.2, 0.25) is 0 Å². The first kappa shape index (κ1) is 30.8. The van der Waals surface area contributed by atoms with Gasteiger partial charge in [0.1, 0.15) is 4.90 Å². The van der Waals surface area contributed by atoms with Crippen molar-refractivity contribution in [1.29, 1.82) is 0 Å². The van der Waals surface area contributed by atoms with Crippen molar-refractivity contribution in [3.63, 3.8) is 0 Å². The Morgan fingerprint density at radius 1 is 1.07 bits per heavy atom. The summed E-state index contributed by atoms with van der Waals surface area (Å²) in [4.78, 5) is 20.9. The van der Waals surface area contributed by atoms with E-state index in [1.807, 2.05) is 6.08 Å².